The summed E-state index contributed by atoms with van der Waals surface area (Å²) in [4.78, 5) is 0. The van der Waals surface area contributed by atoms with Gasteiger partial charge in [0.25, 0.3) is 0 Å². The third kappa shape index (κ3) is 4.20. The van der Waals surface area contributed by atoms with Crippen molar-refractivity contribution in [1.29, 1.82) is 5.26 Å². The molecule has 16 heavy (non-hydrogen) atoms. The molecule has 0 aromatic heterocycles. The second kappa shape index (κ2) is 6.70. The van der Waals surface area contributed by atoms with Crippen molar-refractivity contribution < 1.29 is 9.47 Å². The molecule has 0 spiro atoms. The number of nitrogens with two attached hydrogens (primary N) is 1. The smallest absolute Gasteiger partial charge is 0.119 e. The first kappa shape index (κ1) is 12.3. The van der Waals surface area contributed by atoms with Gasteiger partial charge < -0.3 is 15.2 Å². The van der Waals surface area contributed by atoms with Crippen molar-refractivity contribution in [3.8, 4) is 17.6 Å². The lowest BCUT2D eigenvalue weighted by atomic mass is 10.2. The summed E-state index contributed by atoms with van der Waals surface area (Å²) in [5.74, 6) is 1.55. The summed E-state index contributed by atoms with van der Waals surface area (Å²) in [7, 11) is 0. The standard InChI is InChI=1S/C12H16N2O2/c1-2-15-11-3-5-12(6-4-11)16-9-10(14)7-8-13/h3-6,10H,2,7,9,14H2,1H3. The minimum Gasteiger partial charge on any atom is -0.494 e. The summed E-state index contributed by atoms with van der Waals surface area (Å²) in [6.07, 6.45) is 0.303. The highest BCUT2D eigenvalue weighted by Gasteiger charge is 2.02. The zero-order chi connectivity index (χ0) is 11.8. The van der Waals surface area contributed by atoms with Gasteiger partial charge in [-0.25, -0.2) is 0 Å². The Bertz CT molecular complexity index is 343. The highest BCUT2D eigenvalue weighted by atomic mass is 16.5. The van der Waals surface area contributed by atoms with Gasteiger partial charge in [-0.2, -0.15) is 5.26 Å². The lowest BCUT2D eigenvalue weighted by Gasteiger charge is -2.10. The lowest BCUT2D eigenvalue weighted by Crippen LogP contribution is -2.27. The molecule has 0 saturated carbocycles. The van der Waals surface area contributed by atoms with Gasteiger partial charge in [0.2, 0.25) is 0 Å². The minimum absolute atomic E-state index is 0.239. The van der Waals surface area contributed by atoms with Gasteiger partial charge in [0.15, 0.2) is 0 Å². The molecule has 4 heteroatoms. The molecule has 1 unspecified atom stereocenters. The van der Waals surface area contributed by atoms with Crippen LogP contribution < -0.4 is 15.2 Å². The van der Waals surface area contributed by atoms with Gasteiger partial charge in [0.05, 0.1) is 25.1 Å². The van der Waals surface area contributed by atoms with E-state index in [4.69, 9.17) is 20.5 Å². The molecule has 1 aromatic carbocycles. The van der Waals surface area contributed by atoms with Crippen LogP contribution in [0.1, 0.15) is 13.3 Å². The predicted octanol–water partition coefficient (Wildman–Crippen LogP) is 1.71. The van der Waals surface area contributed by atoms with E-state index in [0.29, 0.717) is 19.6 Å². The molecule has 4 nitrogen and oxygen atoms in total. The van der Waals surface area contributed by atoms with Crippen LogP contribution in [0.4, 0.5) is 0 Å². The van der Waals surface area contributed by atoms with Crippen LogP contribution in [0.5, 0.6) is 11.5 Å². The number of rotatable bonds is 6. The normalized spacial score (nSPS) is 11.6. The van der Waals surface area contributed by atoms with E-state index in [2.05, 4.69) is 0 Å². The number of benzene rings is 1. The van der Waals surface area contributed by atoms with Crippen LogP contribution in [0.3, 0.4) is 0 Å². The van der Waals surface area contributed by atoms with E-state index in [9.17, 15) is 0 Å². The number of nitriles is 1. The lowest BCUT2D eigenvalue weighted by molar-refractivity contribution is 0.288. The molecule has 1 atom stereocenters. The van der Waals surface area contributed by atoms with E-state index >= 15 is 0 Å². The zero-order valence-electron chi connectivity index (χ0n) is 9.35. The fraction of sp³-hybridized carbons (Fsp3) is 0.417. The zero-order valence-corrected chi connectivity index (χ0v) is 9.35. The first-order valence-electron chi connectivity index (χ1n) is 5.24. The maximum absolute atomic E-state index is 8.43. The minimum atomic E-state index is -0.239. The third-order valence-corrected chi connectivity index (χ3v) is 1.95. The highest BCUT2D eigenvalue weighted by molar-refractivity contribution is 5.31. The van der Waals surface area contributed by atoms with Crippen molar-refractivity contribution >= 4 is 0 Å². The van der Waals surface area contributed by atoms with Crippen molar-refractivity contribution in [2.75, 3.05) is 13.2 Å². The second-order valence-electron chi connectivity index (χ2n) is 3.34. The summed E-state index contributed by atoms with van der Waals surface area (Å²) in [5.41, 5.74) is 5.64. The van der Waals surface area contributed by atoms with Crippen LogP contribution in [0.15, 0.2) is 24.3 Å². The molecule has 0 aliphatic carbocycles. The fourth-order valence-corrected chi connectivity index (χ4v) is 1.18. The van der Waals surface area contributed by atoms with Crippen LogP contribution in [0.25, 0.3) is 0 Å². The van der Waals surface area contributed by atoms with Gasteiger partial charge in [-0.05, 0) is 31.2 Å². The Balaban J connectivity index is 2.40. The number of hydrogen-bond donors (Lipinski definition) is 1. The van der Waals surface area contributed by atoms with Crippen molar-refractivity contribution in [2.45, 2.75) is 19.4 Å². The van der Waals surface area contributed by atoms with E-state index in [1.54, 1.807) is 0 Å². The van der Waals surface area contributed by atoms with E-state index in [1.165, 1.54) is 0 Å². The quantitative estimate of drug-likeness (QED) is 0.792. The Kier molecular flexibility index (Phi) is 5.17. The molecule has 86 valence electrons. The van der Waals surface area contributed by atoms with E-state index < -0.39 is 0 Å². The molecular weight excluding hydrogens is 204 g/mol. The first-order chi connectivity index (χ1) is 7.76. The Labute approximate surface area is 95.6 Å². The Morgan fingerprint density at radius 1 is 1.25 bits per heavy atom. The molecule has 2 N–H and O–H groups in total. The maximum Gasteiger partial charge on any atom is 0.119 e. The average Bonchev–Trinajstić information content (AvgIpc) is 2.29. The Morgan fingerprint density at radius 2 is 1.81 bits per heavy atom. The highest BCUT2D eigenvalue weighted by Crippen LogP contribution is 2.17. The molecule has 1 aromatic rings. The van der Waals surface area contributed by atoms with E-state index in [-0.39, 0.29) is 6.04 Å². The topological polar surface area (TPSA) is 68.3 Å². The van der Waals surface area contributed by atoms with Crippen LogP contribution in [-0.4, -0.2) is 19.3 Å². The molecule has 0 aliphatic heterocycles. The average molecular weight is 220 g/mol. The summed E-state index contributed by atoms with van der Waals surface area (Å²) in [6.45, 7) is 2.93. The summed E-state index contributed by atoms with van der Waals surface area (Å²) < 4.78 is 10.7. The molecule has 0 radical (unpaired) electrons. The molecule has 0 bridgehead atoms. The SMILES string of the molecule is CCOc1ccc(OCC(N)CC#N)cc1. The number of nitrogens with zero attached hydrogens (tertiary/aromatic N) is 1. The predicted molar refractivity (Wildman–Crippen MR) is 61.3 cm³/mol. The maximum atomic E-state index is 8.43. The number of hydrogen-bond acceptors (Lipinski definition) is 4. The van der Waals surface area contributed by atoms with E-state index in [0.717, 1.165) is 11.5 Å². The van der Waals surface area contributed by atoms with Gasteiger partial charge >= 0.3 is 0 Å². The second-order valence-corrected chi connectivity index (χ2v) is 3.34. The summed E-state index contributed by atoms with van der Waals surface area (Å²) in [5, 5.41) is 8.43. The number of ether oxygens (including phenoxy) is 2. The first-order valence-corrected chi connectivity index (χ1v) is 5.24. The Hall–Kier alpha value is -1.73. The third-order valence-electron chi connectivity index (χ3n) is 1.95. The van der Waals surface area contributed by atoms with Gasteiger partial charge in [-0.15, -0.1) is 0 Å². The molecule has 0 aliphatic rings. The van der Waals surface area contributed by atoms with Gasteiger partial charge in [-0.1, -0.05) is 0 Å². The molecule has 0 saturated heterocycles. The molecule has 0 heterocycles. The summed E-state index contributed by atoms with van der Waals surface area (Å²) >= 11 is 0. The van der Waals surface area contributed by atoms with Gasteiger partial charge in [-0.3, -0.25) is 0 Å². The van der Waals surface area contributed by atoms with Crippen molar-refractivity contribution in [3.63, 3.8) is 0 Å². The van der Waals surface area contributed by atoms with Crippen LogP contribution >= 0.6 is 0 Å². The molecule has 0 amide bonds. The van der Waals surface area contributed by atoms with Crippen LogP contribution in [0.2, 0.25) is 0 Å². The van der Waals surface area contributed by atoms with E-state index in [1.807, 2.05) is 37.3 Å². The Morgan fingerprint density at radius 3 is 2.31 bits per heavy atom. The van der Waals surface area contributed by atoms with Crippen LogP contribution in [-0.2, 0) is 0 Å². The van der Waals surface area contributed by atoms with Crippen LogP contribution in [0, 0.1) is 11.3 Å². The van der Waals surface area contributed by atoms with Gasteiger partial charge in [0.1, 0.15) is 18.1 Å². The largest absolute Gasteiger partial charge is 0.494 e. The van der Waals surface area contributed by atoms with Crippen molar-refractivity contribution in [1.82, 2.24) is 0 Å². The van der Waals surface area contributed by atoms with Crippen molar-refractivity contribution in [3.05, 3.63) is 24.3 Å². The molecular formula is C12H16N2O2. The monoisotopic (exact) mass is 220 g/mol. The summed E-state index contributed by atoms with van der Waals surface area (Å²) in [6, 6.07) is 9.10. The molecule has 1 rings (SSSR count). The van der Waals surface area contributed by atoms with Gasteiger partial charge in [0, 0.05) is 0 Å². The molecule has 0 fully saturated rings. The van der Waals surface area contributed by atoms with Crippen molar-refractivity contribution in [2.24, 2.45) is 5.73 Å². The fourth-order valence-electron chi connectivity index (χ4n) is 1.18.